The molecule has 0 aliphatic heterocycles. The van der Waals surface area contributed by atoms with Crippen LogP contribution in [0.4, 0.5) is 0 Å². The van der Waals surface area contributed by atoms with Crippen LogP contribution in [0.15, 0.2) is 30.3 Å². The molecule has 0 saturated carbocycles. The van der Waals surface area contributed by atoms with Gasteiger partial charge in [-0.25, -0.2) is 0 Å². The largest absolute Gasteiger partial charge is 0.349 e. The van der Waals surface area contributed by atoms with Crippen LogP contribution in [0.1, 0.15) is 50.7 Å². The van der Waals surface area contributed by atoms with E-state index in [0.717, 1.165) is 12.8 Å². The predicted molar refractivity (Wildman–Crippen MR) is 79.1 cm³/mol. The van der Waals surface area contributed by atoms with Crippen molar-refractivity contribution in [3.05, 3.63) is 41.5 Å². The molecule has 1 aromatic rings. The first kappa shape index (κ1) is 14.3. The quantitative estimate of drug-likeness (QED) is 0.678. The van der Waals surface area contributed by atoms with Gasteiger partial charge in [0.05, 0.1) is 5.92 Å². The summed E-state index contributed by atoms with van der Waals surface area (Å²) in [7, 11) is 0. The first-order chi connectivity index (χ1) is 9.27. The van der Waals surface area contributed by atoms with Gasteiger partial charge in [-0.3, -0.25) is 0 Å². The van der Waals surface area contributed by atoms with Crippen molar-refractivity contribution in [2.45, 2.75) is 45.3 Å². The first-order valence-corrected chi connectivity index (χ1v) is 7.32. The molecule has 0 N–H and O–H groups in total. The zero-order valence-electron chi connectivity index (χ0n) is 12.2. The lowest BCUT2D eigenvalue weighted by Gasteiger charge is -2.38. The lowest BCUT2D eigenvalue weighted by Crippen LogP contribution is -2.41. The lowest BCUT2D eigenvalue weighted by atomic mass is 9.89. The van der Waals surface area contributed by atoms with Gasteiger partial charge in [0.15, 0.2) is 5.79 Å². The van der Waals surface area contributed by atoms with Crippen molar-refractivity contribution < 1.29 is 9.47 Å². The molecule has 0 radical (unpaired) electrons. The van der Waals surface area contributed by atoms with Crippen molar-refractivity contribution in [2.75, 3.05) is 13.2 Å². The summed E-state index contributed by atoms with van der Waals surface area (Å²) in [6.07, 6.45) is 6.37. The molecule has 0 spiro atoms. The van der Waals surface area contributed by atoms with E-state index >= 15 is 0 Å². The lowest BCUT2D eigenvalue weighted by molar-refractivity contribution is -0.244. The van der Waals surface area contributed by atoms with E-state index in [0.29, 0.717) is 13.2 Å². The molecule has 19 heavy (non-hydrogen) atoms. The van der Waals surface area contributed by atoms with E-state index in [4.69, 9.17) is 9.47 Å². The van der Waals surface area contributed by atoms with Crippen molar-refractivity contribution in [2.24, 2.45) is 0 Å². The zero-order valence-corrected chi connectivity index (χ0v) is 12.2. The van der Waals surface area contributed by atoms with E-state index in [1.165, 1.54) is 11.1 Å². The summed E-state index contributed by atoms with van der Waals surface area (Å²) in [5.74, 6) is -0.315. The third-order valence-corrected chi connectivity index (χ3v) is 3.65. The van der Waals surface area contributed by atoms with Gasteiger partial charge in [-0.15, -0.1) is 0 Å². The van der Waals surface area contributed by atoms with Crippen molar-refractivity contribution in [3.8, 4) is 0 Å². The Balaban J connectivity index is 2.36. The van der Waals surface area contributed by atoms with Crippen LogP contribution in [0.25, 0.3) is 6.08 Å². The van der Waals surface area contributed by atoms with E-state index in [9.17, 15) is 0 Å². The second-order valence-corrected chi connectivity index (χ2v) is 4.89. The Kier molecular flexibility index (Phi) is 4.78. The Morgan fingerprint density at radius 3 is 2.37 bits per heavy atom. The molecule has 2 nitrogen and oxygen atoms in total. The molecular formula is C17H24O2. The molecule has 1 aliphatic carbocycles. The van der Waals surface area contributed by atoms with Crippen LogP contribution in [-0.2, 0) is 9.47 Å². The Morgan fingerprint density at radius 2 is 1.74 bits per heavy atom. The molecule has 0 heterocycles. The van der Waals surface area contributed by atoms with Crippen molar-refractivity contribution in [1.29, 1.82) is 0 Å². The SMILES string of the molecule is CCCC(OCC)(OCC)C1C=Cc2ccccc21. The monoisotopic (exact) mass is 260 g/mol. The fourth-order valence-electron chi connectivity index (χ4n) is 2.99. The molecule has 2 heteroatoms. The van der Waals surface area contributed by atoms with Gasteiger partial charge in [0, 0.05) is 19.6 Å². The standard InChI is InChI=1S/C17H24O2/c1-4-13-17(18-5-2,19-6-3)16-12-11-14-9-7-8-10-15(14)16/h7-12,16H,4-6,13H2,1-3H3. The van der Waals surface area contributed by atoms with Gasteiger partial charge in [0.1, 0.15) is 0 Å². The second-order valence-electron chi connectivity index (χ2n) is 4.89. The molecule has 1 aromatic carbocycles. The molecule has 0 saturated heterocycles. The summed E-state index contributed by atoms with van der Waals surface area (Å²) >= 11 is 0. The maximum atomic E-state index is 6.08. The minimum atomic E-state index is -0.513. The highest BCUT2D eigenvalue weighted by Gasteiger charge is 2.41. The normalized spacial score (nSPS) is 17.7. The van der Waals surface area contributed by atoms with Gasteiger partial charge in [-0.2, -0.15) is 0 Å². The molecule has 2 rings (SSSR count). The van der Waals surface area contributed by atoms with Gasteiger partial charge in [0.2, 0.25) is 0 Å². The average molecular weight is 260 g/mol. The molecule has 1 atom stereocenters. The second kappa shape index (κ2) is 6.36. The van der Waals surface area contributed by atoms with Crippen LogP contribution in [0.5, 0.6) is 0 Å². The van der Waals surface area contributed by atoms with Crippen LogP contribution in [0.3, 0.4) is 0 Å². The van der Waals surface area contributed by atoms with Crippen molar-refractivity contribution in [3.63, 3.8) is 0 Å². The van der Waals surface area contributed by atoms with Gasteiger partial charge < -0.3 is 9.47 Å². The minimum absolute atomic E-state index is 0.198. The van der Waals surface area contributed by atoms with E-state index in [1.807, 2.05) is 13.8 Å². The molecule has 0 fully saturated rings. The molecule has 0 amide bonds. The number of hydrogen-bond acceptors (Lipinski definition) is 2. The number of rotatable bonds is 7. The highest BCUT2D eigenvalue weighted by atomic mass is 16.7. The third-order valence-electron chi connectivity index (χ3n) is 3.65. The topological polar surface area (TPSA) is 18.5 Å². The maximum absolute atomic E-state index is 6.08. The molecule has 1 aliphatic rings. The summed E-state index contributed by atoms with van der Waals surface area (Å²) in [5, 5.41) is 0. The van der Waals surface area contributed by atoms with Gasteiger partial charge in [-0.1, -0.05) is 49.8 Å². The van der Waals surface area contributed by atoms with Crippen LogP contribution in [0.2, 0.25) is 0 Å². The summed E-state index contributed by atoms with van der Waals surface area (Å²) in [6.45, 7) is 7.60. The Morgan fingerprint density at radius 1 is 1.05 bits per heavy atom. The average Bonchev–Trinajstić information content (AvgIpc) is 2.84. The fraction of sp³-hybridized carbons (Fsp3) is 0.529. The number of fused-ring (bicyclic) bond motifs is 1. The number of hydrogen-bond donors (Lipinski definition) is 0. The van der Waals surface area contributed by atoms with Crippen molar-refractivity contribution >= 4 is 6.08 Å². The zero-order chi connectivity index (χ0) is 13.7. The third kappa shape index (κ3) is 2.75. The number of ether oxygens (including phenoxy) is 2. The molecular weight excluding hydrogens is 236 g/mol. The summed E-state index contributed by atoms with van der Waals surface area (Å²) in [4.78, 5) is 0. The fourth-order valence-corrected chi connectivity index (χ4v) is 2.99. The molecule has 1 unspecified atom stereocenters. The summed E-state index contributed by atoms with van der Waals surface area (Å²) < 4.78 is 12.2. The van der Waals surface area contributed by atoms with Gasteiger partial charge >= 0.3 is 0 Å². The highest BCUT2D eigenvalue weighted by molar-refractivity contribution is 5.63. The van der Waals surface area contributed by atoms with Crippen LogP contribution in [0, 0.1) is 0 Å². The Bertz CT molecular complexity index is 420. The van der Waals surface area contributed by atoms with Crippen LogP contribution >= 0.6 is 0 Å². The number of benzene rings is 1. The first-order valence-electron chi connectivity index (χ1n) is 7.32. The van der Waals surface area contributed by atoms with E-state index in [2.05, 4.69) is 43.3 Å². The van der Waals surface area contributed by atoms with Crippen LogP contribution < -0.4 is 0 Å². The van der Waals surface area contributed by atoms with E-state index in [-0.39, 0.29) is 5.92 Å². The Hall–Kier alpha value is -1.12. The summed E-state index contributed by atoms with van der Waals surface area (Å²) in [5.41, 5.74) is 2.60. The summed E-state index contributed by atoms with van der Waals surface area (Å²) in [6, 6.07) is 8.50. The Labute approximate surface area is 116 Å². The van der Waals surface area contributed by atoms with Gasteiger partial charge in [0.25, 0.3) is 0 Å². The smallest absolute Gasteiger partial charge is 0.178 e. The molecule has 104 valence electrons. The van der Waals surface area contributed by atoms with Crippen molar-refractivity contribution in [1.82, 2.24) is 0 Å². The minimum Gasteiger partial charge on any atom is -0.349 e. The van der Waals surface area contributed by atoms with E-state index < -0.39 is 5.79 Å². The molecule has 0 bridgehead atoms. The highest BCUT2D eigenvalue weighted by Crippen LogP contribution is 2.43. The molecule has 0 aromatic heterocycles. The van der Waals surface area contributed by atoms with Gasteiger partial charge in [-0.05, 0) is 25.0 Å². The van der Waals surface area contributed by atoms with E-state index in [1.54, 1.807) is 0 Å². The van der Waals surface area contributed by atoms with Crippen LogP contribution in [-0.4, -0.2) is 19.0 Å². The maximum Gasteiger partial charge on any atom is 0.178 e. The predicted octanol–water partition coefficient (Wildman–Crippen LogP) is 4.37.